The standard InChI is InChI=1S/C22H31N7O3/c1-13(2)28-10-6-7-17(22(28)32)26-18-12-19(23-4)29(24-5)20(27-18)14(3)21(31)25-15-8-9-16(30)11-15/h6-7,10,12-13,15-16,26-27,30H,5,8-9,11H2,1-4H3,(H,25,31)/b20-14+,23-19?/t15?,16-/m0/s1. The highest BCUT2D eigenvalue weighted by Crippen LogP contribution is 2.21. The number of carbonyl (C=O) groups is 1. The number of nitrogens with one attached hydrogen (secondary N) is 3. The molecule has 172 valence electrons. The Morgan fingerprint density at radius 1 is 1.38 bits per heavy atom. The number of aliphatic hydroxyl groups excluding tert-OH is 1. The van der Waals surface area contributed by atoms with Gasteiger partial charge in [-0.05, 0) is 52.2 Å². The summed E-state index contributed by atoms with van der Waals surface area (Å²) >= 11 is 0. The number of hydrazone groups is 1. The second kappa shape index (κ2) is 9.82. The summed E-state index contributed by atoms with van der Waals surface area (Å²) < 4.78 is 1.63. The van der Waals surface area contributed by atoms with E-state index in [1.807, 2.05) is 13.8 Å². The van der Waals surface area contributed by atoms with Crippen LogP contribution in [0.15, 0.2) is 56.5 Å². The first-order valence-corrected chi connectivity index (χ1v) is 10.6. The van der Waals surface area contributed by atoms with Gasteiger partial charge in [0.05, 0.1) is 11.7 Å². The molecule has 0 bridgehead atoms. The molecule has 1 saturated carbocycles. The zero-order chi connectivity index (χ0) is 23.4. The van der Waals surface area contributed by atoms with Gasteiger partial charge < -0.3 is 25.6 Å². The summed E-state index contributed by atoms with van der Waals surface area (Å²) in [6, 6.07) is 3.43. The summed E-state index contributed by atoms with van der Waals surface area (Å²) in [6.07, 6.45) is 4.98. The Balaban J connectivity index is 1.90. The van der Waals surface area contributed by atoms with Crippen LogP contribution in [0.2, 0.25) is 0 Å². The molecule has 1 aromatic rings. The first-order valence-electron chi connectivity index (χ1n) is 10.6. The third-order valence-corrected chi connectivity index (χ3v) is 5.56. The van der Waals surface area contributed by atoms with Crippen LogP contribution in [0.25, 0.3) is 0 Å². The van der Waals surface area contributed by atoms with Crippen molar-refractivity contribution in [2.45, 2.75) is 58.2 Å². The van der Waals surface area contributed by atoms with Gasteiger partial charge in [0, 0.05) is 38.1 Å². The number of amides is 1. The first-order chi connectivity index (χ1) is 15.2. The van der Waals surface area contributed by atoms with Gasteiger partial charge in [-0.2, -0.15) is 10.1 Å². The third kappa shape index (κ3) is 4.91. The zero-order valence-electron chi connectivity index (χ0n) is 18.9. The molecule has 0 aromatic carbocycles. The fourth-order valence-electron chi connectivity index (χ4n) is 3.79. The maximum absolute atomic E-state index is 12.9. The van der Waals surface area contributed by atoms with Crippen molar-refractivity contribution in [1.82, 2.24) is 20.2 Å². The molecule has 1 amide bonds. The number of nitrogens with zero attached hydrogens (tertiary/aromatic N) is 4. The fourth-order valence-corrected chi connectivity index (χ4v) is 3.79. The lowest BCUT2D eigenvalue weighted by molar-refractivity contribution is -0.118. The van der Waals surface area contributed by atoms with E-state index in [-0.39, 0.29) is 29.7 Å². The quantitative estimate of drug-likeness (QED) is 0.392. The molecule has 1 aliphatic carbocycles. The summed E-state index contributed by atoms with van der Waals surface area (Å²) in [5, 5.41) is 24.4. The number of hydrogen-bond donors (Lipinski definition) is 4. The van der Waals surface area contributed by atoms with Crippen molar-refractivity contribution < 1.29 is 9.90 Å². The van der Waals surface area contributed by atoms with E-state index < -0.39 is 0 Å². The van der Waals surface area contributed by atoms with E-state index in [2.05, 4.69) is 32.8 Å². The summed E-state index contributed by atoms with van der Waals surface area (Å²) in [6.45, 7) is 9.14. The maximum Gasteiger partial charge on any atom is 0.274 e. The van der Waals surface area contributed by atoms with Crippen molar-refractivity contribution in [2.75, 3.05) is 12.4 Å². The Labute approximate surface area is 187 Å². The number of aliphatic imine (C=N–C) groups is 1. The SMILES string of the molecule is C=NN1C(=NC)C=C(Nc2cccn(C(C)C)c2=O)N/C1=C(/C)C(=O)NC1CC[C@H](O)C1. The average molecular weight is 442 g/mol. The minimum Gasteiger partial charge on any atom is -0.393 e. The zero-order valence-corrected chi connectivity index (χ0v) is 18.9. The lowest BCUT2D eigenvalue weighted by Gasteiger charge is -2.30. The van der Waals surface area contributed by atoms with E-state index in [0.717, 1.165) is 6.42 Å². The third-order valence-electron chi connectivity index (χ3n) is 5.56. The minimum atomic E-state index is -0.384. The predicted molar refractivity (Wildman–Crippen MR) is 125 cm³/mol. The van der Waals surface area contributed by atoms with Crippen LogP contribution >= 0.6 is 0 Å². The molecule has 4 N–H and O–H groups in total. The molecule has 3 rings (SSSR count). The average Bonchev–Trinajstić information content (AvgIpc) is 3.18. The molecule has 2 atom stereocenters. The largest absolute Gasteiger partial charge is 0.393 e. The molecule has 32 heavy (non-hydrogen) atoms. The van der Waals surface area contributed by atoms with E-state index in [9.17, 15) is 14.7 Å². The lowest BCUT2D eigenvalue weighted by atomic mass is 10.2. The van der Waals surface area contributed by atoms with Gasteiger partial charge in [0.1, 0.15) is 17.3 Å². The highest BCUT2D eigenvalue weighted by molar-refractivity contribution is 5.99. The van der Waals surface area contributed by atoms with E-state index in [1.165, 1.54) is 5.01 Å². The smallest absolute Gasteiger partial charge is 0.274 e. The molecule has 10 heteroatoms. The molecule has 1 fully saturated rings. The van der Waals surface area contributed by atoms with E-state index in [1.54, 1.807) is 42.9 Å². The Morgan fingerprint density at radius 2 is 2.12 bits per heavy atom. The number of aliphatic hydroxyl groups is 1. The molecule has 2 aliphatic rings. The molecule has 0 spiro atoms. The normalized spacial score (nSPS) is 23.6. The van der Waals surface area contributed by atoms with Crippen molar-refractivity contribution in [2.24, 2.45) is 10.1 Å². The molecule has 2 heterocycles. The van der Waals surface area contributed by atoms with Crippen LogP contribution in [0.4, 0.5) is 5.69 Å². The van der Waals surface area contributed by atoms with Crippen molar-refractivity contribution in [3.8, 4) is 0 Å². The number of amidine groups is 1. The van der Waals surface area contributed by atoms with Crippen molar-refractivity contribution in [3.05, 3.63) is 52.0 Å². The molecule has 10 nitrogen and oxygen atoms in total. The van der Waals surface area contributed by atoms with Crippen molar-refractivity contribution in [3.63, 3.8) is 0 Å². The van der Waals surface area contributed by atoms with Crippen LogP contribution in [0.5, 0.6) is 0 Å². The molecular weight excluding hydrogens is 410 g/mol. The Morgan fingerprint density at radius 3 is 2.72 bits per heavy atom. The number of rotatable bonds is 6. The van der Waals surface area contributed by atoms with Gasteiger partial charge >= 0.3 is 0 Å². The number of anilines is 1. The van der Waals surface area contributed by atoms with E-state index in [0.29, 0.717) is 41.6 Å². The molecule has 1 aliphatic heterocycles. The molecular formula is C22H31N7O3. The summed E-state index contributed by atoms with van der Waals surface area (Å²) in [5.41, 5.74) is 0.598. The van der Waals surface area contributed by atoms with Gasteiger partial charge in [0.25, 0.3) is 11.5 Å². The Hall–Kier alpha value is -3.40. The van der Waals surface area contributed by atoms with Crippen LogP contribution in [-0.2, 0) is 4.79 Å². The number of hydrogen-bond acceptors (Lipinski definition) is 7. The van der Waals surface area contributed by atoms with Crippen molar-refractivity contribution >= 4 is 24.1 Å². The minimum absolute atomic E-state index is 0.0151. The van der Waals surface area contributed by atoms with Gasteiger partial charge in [-0.3, -0.25) is 14.6 Å². The van der Waals surface area contributed by atoms with Crippen molar-refractivity contribution in [1.29, 1.82) is 0 Å². The number of carbonyl (C=O) groups excluding carboxylic acids is 1. The van der Waals surface area contributed by atoms with Gasteiger partial charge in [0.15, 0.2) is 5.84 Å². The van der Waals surface area contributed by atoms with E-state index >= 15 is 0 Å². The summed E-state index contributed by atoms with van der Waals surface area (Å²) in [5.74, 6) is 1.02. The monoisotopic (exact) mass is 441 g/mol. The lowest BCUT2D eigenvalue weighted by Crippen LogP contribution is -2.43. The van der Waals surface area contributed by atoms with Gasteiger partial charge in [-0.15, -0.1) is 0 Å². The van der Waals surface area contributed by atoms with Gasteiger partial charge in [-0.25, -0.2) is 0 Å². The van der Waals surface area contributed by atoms with E-state index in [4.69, 9.17) is 0 Å². The predicted octanol–water partition coefficient (Wildman–Crippen LogP) is 1.49. The highest BCUT2D eigenvalue weighted by Gasteiger charge is 2.28. The fraction of sp³-hybridized carbons (Fsp3) is 0.455. The summed E-state index contributed by atoms with van der Waals surface area (Å²) in [4.78, 5) is 29.9. The number of aromatic nitrogens is 1. The van der Waals surface area contributed by atoms with Gasteiger partial charge in [-0.1, -0.05) is 0 Å². The molecule has 1 unspecified atom stereocenters. The second-order valence-corrected chi connectivity index (χ2v) is 8.18. The van der Waals surface area contributed by atoms with Crippen LogP contribution < -0.4 is 21.5 Å². The molecule has 1 aromatic heterocycles. The molecule has 0 radical (unpaired) electrons. The van der Waals surface area contributed by atoms with Gasteiger partial charge in [0.2, 0.25) is 0 Å². The highest BCUT2D eigenvalue weighted by atomic mass is 16.3. The van der Waals surface area contributed by atoms with Crippen LogP contribution in [-0.4, -0.2) is 52.3 Å². The Bertz CT molecular complexity index is 1040. The maximum atomic E-state index is 12.9. The van der Waals surface area contributed by atoms with Crippen LogP contribution in [0.1, 0.15) is 46.1 Å². The van der Waals surface area contributed by atoms with Crippen LogP contribution in [0.3, 0.4) is 0 Å². The molecule has 0 saturated heterocycles. The first kappa shape index (κ1) is 23.3. The topological polar surface area (TPSA) is 123 Å². The summed E-state index contributed by atoms with van der Waals surface area (Å²) in [7, 11) is 1.61. The Kier molecular flexibility index (Phi) is 7.14. The number of pyridine rings is 1. The second-order valence-electron chi connectivity index (χ2n) is 8.18. The van der Waals surface area contributed by atoms with Crippen LogP contribution in [0, 0.1) is 0 Å².